The number of aliphatic hydroxyl groups is 1. The number of aliphatic hydroxyl groups excluding tert-OH is 1. The zero-order valence-corrected chi connectivity index (χ0v) is 10.9. The molecule has 2 rings (SSSR count). The monoisotopic (exact) mass is 255 g/mol. The zero-order valence-electron chi connectivity index (χ0n) is 10.2. The minimum absolute atomic E-state index is 0.00993. The molecule has 0 radical (unpaired) electrons. The highest BCUT2D eigenvalue weighted by Crippen LogP contribution is 2.27. The molecule has 0 saturated carbocycles. The van der Waals surface area contributed by atoms with Gasteiger partial charge >= 0.3 is 0 Å². The minimum atomic E-state index is 0.00993. The fourth-order valence-electron chi connectivity index (χ4n) is 2.36. The van der Waals surface area contributed by atoms with Crippen molar-refractivity contribution < 1.29 is 9.84 Å². The Kier molecular flexibility index (Phi) is 3.92. The van der Waals surface area contributed by atoms with Gasteiger partial charge in [0.05, 0.1) is 18.8 Å². The van der Waals surface area contributed by atoms with Crippen LogP contribution in [0, 0.1) is 0 Å². The molecule has 1 heterocycles. The molecule has 2 atom stereocenters. The average Bonchev–Trinajstić information content (AvgIpc) is 2.27. The first-order valence-corrected chi connectivity index (χ1v) is 6.27. The molecule has 94 valence electrons. The van der Waals surface area contributed by atoms with Crippen molar-refractivity contribution >= 4 is 17.3 Å². The summed E-state index contributed by atoms with van der Waals surface area (Å²) < 4.78 is 5.70. The molecule has 1 aromatic carbocycles. The van der Waals surface area contributed by atoms with Gasteiger partial charge in [0.2, 0.25) is 0 Å². The van der Waals surface area contributed by atoms with Crippen LogP contribution in [0.15, 0.2) is 18.2 Å². The lowest BCUT2D eigenvalue weighted by Crippen LogP contribution is -2.45. The Morgan fingerprint density at radius 3 is 2.59 bits per heavy atom. The molecule has 1 aromatic rings. The summed E-state index contributed by atoms with van der Waals surface area (Å²) in [7, 11) is 0. The molecule has 1 saturated heterocycles. The molecule has 3 nitrogen and oxygen atoms in total. The highest BCUT2D eigenvalue weighted by atomic mass is 35.5. The number of nitrogens with zero attached hydrogens (tertiary/aromatic N) is 1. The molecule has 0 aromatic heterocycles. The first kappa shape index (κ1) is 12.7. The Balaban J connectivity index is 2.26. The average molecular weight is 256 g/mol. The SMILES string of the molecule is CC1CN(c2ccc(Cl)cc2CO)CC(C)O1. The molecule has 1 N–H and O–H groups in total. The van der Waals surface area contributed by atoms with Crippen LogP contribution in [-0.2, 0) is 11.3 Å². The van der Waals surface area contributed by atoms with Crippen LogP contribution in [0.2, 0.25) is 5.02 Å². The topological polar surface area (TPSA) is 32.7 Å². The molecule has 0 aliphatic carbocycles. The van der Waals surface area contributed by atoms with Crippen molar-refractivity contribution in [2.75, 3.05) is 18.0 Å². The molecular formula is C13H18ClNO2. The van der Waals surface area contributed by atoms with Gasteiger partial charge in [0.25, 0.3) is 0 Å². The van der Waals surface area contributed by atoms with E-state index in [1.807, 2.05) is 18.2 Å². The van der Waals surface area contributed by atoms with Crippen molar-refractivity contribution in [1.82, 2.24) is 0 Å². The fourth-order valence-corrected chi connectivity index (χ4v) is 2.56. The van der Waals surface area contributed by atoms with Gasteiger partial charge in [0, 0.05) is 29.4 Å². The molecule has 0 spiro atoms. The van der Waals surface area contributed by atoms with Gasteiger partial charge in [0.15, 0.2) is 0 Å². The first-order valence-electron chi connectivity index (χ1n) is 5.90. The van der Waals surface area contributed by atoms with E-state index in [0.29, 0.717) is 5.02 Å². The van der Waals surface area contributed by atoms with Gasteiger partial charge in [-0.15, -0.1) is 0 Å². The van der Waals surface area contributed by atoms with Crippen LogP contribution in [-0.4, -0.2) is 30.4 Å². The van der Waals surface area contributed by atoms with Gasteiger partial charge in [-0.1, -0.05) is 11.6 Å². The van der Waals surface area contributed by atoms with Gasteiger partial charge in [-0.3, -0.25) is 0 Å². The lowest BCUT2D eigenvalue weighted by atomic mass is 10.1. The second-order valence-electron chi connectivity index (χ2n) is 4.59. The Morgan fingerprint density at radius 2 is 2.00 bits per heavy atom. The van der Waals surface area contributed by atoms with Crippen LogP contribution in [0.4, 0.5) is 5.69 Å². The summed E-state index contributed by atoms with van der Waals surface area (Å²) in [6.45, 7) is 5.84. The minimum Gasteiger partial charge on any atom is -0.392 e. The summed E-state index contributed by atoms with van der Waals surface area (Å²) in [6.07, 6.45) is 0.418. The van der Waals surface area contributed by atoms with Gasteiger partial charge < -0.3 is 14.7 Å². The van der Waals surface area contributed by atoms with Crippen LogP contribution in [0.5, 0.6) is 0 Å². The maximum Gasteiger partial charge on any atom is 0.0726 e. The van der Waals surface area contributed by atoms with E-state index in [4.69, 9.17) is 16.3 Å². The summed E-state index contributed by atoms with van der Waals surface area (Å²) in [5.41, 5.74) is 1.93. The van der Waals surface area contributed by atoms with E-state index in [-0.39, 0.29) is 18.8 Å². The van der Waals surface area contributed by atoms with E-state index >= 15 is 0 Å². The predicted molar refractivity (Wildman–Crippen MR) is 69.6 cm³/mol. The van der Waals surface area contributed by atoms with Crippen molar-refractivity contribution in [1.29, 1.82) is 0 Å². The van der Waals surface area contributed by atoms with Crippen LogP contribution in [0.25, 0.3) is 0 Å². The molecule has 17 heavy (non-hydrogen) atoms. The molecule has 1 aliphatic rings. The van der Waals surface area contributed by atoms with Crippen molar-refractivity contribution in [2.45, 2.75) is 32.7 Å². The Hall–Kier alpha value is -0.770. The van der Waals surface area contributed by atoms with E-state index in [2.05, 4.69) is 18.7 Å². The lowest BCUT2D eigenvalue weighted by molar-refractivity contribution is -0.00531. The molecule has 4 heteroatoms. The number of benzene rings is 1. The normalized spacial score (nSPS) is 25.1. The number of morpholine rings is 1. The first-order chi connectivity index (χ1) is 8.10. The maximum absolute atomic E-state index is 9.39. The van der Waals surface area contributed by atoms with E-state index in [1.165, 1.54) is 0 Å². The smallest absolute Gasteiger partial charge is 0.0726 e. The van der Waals surface area contributed by atoms with E-state index < -0.39 is 0 Å². The predicted octanol–water partition coefficient (Wildman–Crippen LogP) is 2.45. The molecule has 0 amide bonds. The third-order valence-corrected chi connectivity index (χ3v) is 3.21. The third kappa shape index (κ3) is 2.92. The third-order valence-electron chi connectivity index (χ3n) is 2.97. The molecule has 0 bridgehead atoms. The van der Waals surface area contributed by atoms with Crippen LogP contribution >= 0.6 is 11.6 Å². The number of rotatable bonds is 2. The number of hydrogen-bond acceptors (Lipinski definition) is 3. The fraction of sp³-hybridized carbons (Fsp3) is 0.538. The lowest BCUT2D eigenvalue weighted by Gasteiger charge is -2.37. The second-order valence-corrected chi connectivity index (χ2v) is 5.03. The maximum atomic E-state index is 9.39. The van der Waals surface area contributed by atoms with Gasteiger partial charge in [-0.2, -0.15) is 0 Å². The summed E-state index contributed by atoms with van der Waals surface area (Å²) in [5, 5.41) is 10.0. The summed E-state index contributed by atoms with van der Waals surface area (Å²) in [5.74, 6) is 0. The van der Waals surface area contributed by atoms with Crippen LogP contribution < -0.4 is 4.90 Å². The zero-order chi connectivity index (χ0) is 12.4. The largest absolute Gasteiger partial charge is 0.392 e. The Labute approximate surface area is 107 Å². The van der Waals surface area contributed by atoms with Crippen molar-refractivity contribution in [3.05, 3.63) is 28.8 Å². The highest BCUT2D eigenvalue weighted by molar-refractivity contribution is 6.30. The van der Waals surface area contributed by atoms with Gasteiger partial charge in [-0.25, -0.2) is 0 Å². The summed E-state index contributed by atoms with van der Waals surface area (Å²) in [4.78, 5) is 2.25. The Bertz CT molecular complexity index is 387. The number of anilines is 1. The van der Waals surface area contributed by atoms with Crippen LogP contribution in [0.3, 0.4) is 0 Å². The van der Waals surface area contributed by atoms with E-state index in [1.54, 1.807) is 0 Å². The highest BCUT2D eigenvalue weighted by Gasteiger charge is 2.23. The molecule has 1 aliphatic heterocycles. The van der Waals surface area contributed by atoms with Crippen molar-refractivity contribution in [3.63, 3.8) is 0 Å². The number of halogens is 1. The Morgan fingerprint density at radius 1 is 1.35 bits per heavy atom. The summed E-state index contributed by atoms with van der Waals surface area (Å²) >= 11 is 5.94. The quantitative estimate of drug-likeness (QED) is 0.881. The van der Waals surface area contributed by atoms with Crippen molar-refractivity contribution in [3.8, 4) is 0 Å². The van der Waals surface area contributed by atoms with Crippen LogP contribution in [0.1, 0.15) is 19.4 Å². The number of hydrogen-bond donors (Lipinski definition) is 1. The molecule has 2 unspecified atom stereocenters. The molecule has 1 fully saturated rings. The van der Waals surface area contributed by atoms with E-state index in [0.717, 1.165) is 24.3 Å². The van der Waals surface area contributed by atoms with Gasteiger partial charge in [0.1, 0.15) is 0 Å². The second kappa shape index (κ2) is 5.25. The van der Waals surface area contributed by atoms with Gasteiger partial charge in [-0.05, 0) is 32.0 Å². The standard InChI is InChI=1S/C13H18ClNO2/c1-9-6-15(7-10(2)17-9)13-4-3-12(14)5-11(13)8-16/h3-5,9-10,16H,6-8H2,1-2H3. The van der Waals surface area contributed by atoms with E-state index in [9.17, 15) is 5.11 Å². The summed E-state index contributed by atoms with van der Waals surface area (Å²) in [6, 6.07) is 5.65. The van der Waals surface area contributed by atoms with Crippen molar-refractivity contribution in [2.24, 2.45) is 0 Å². The molecular weight excluding hydrogens is 238 g/mol. The number of ether oxygens (including phenoxy) is 1.